The molecule has 0 fully saturated rings. The smallest absolute Gasteiger partial charge is 0.305 e. The Balaban J connectivity index is 2.84. The number of carbonyl (C=O) groups is 1. The molecule has 1 rings (SSSR count). The van der Waals surface area contributed by atoms with Gasteiger partial charge >= 0.3 is 5.97 Å². The zero-order valence-corrected chi connectivity index (χ0v) is 10.0. The van der Waals surface area contributed by atoms with Gasteiger partial charge in [0, 0.05) is 11.6 Å². The van der Waals surface area contributed by atoms with Crippen molar-refractivity contribution in [1.82, 2.24) is 5.32 Å². The SMILES string of the molecule is CC(C)(C)N[C@@H](CC(=O)O)c1ccccc1. The summed E-state index contributed by atoms with van der Waals surface area (Å²) in [6.07, 6.45) is 0.0985. The molecule has 1 aromatic rings. The van der Waals surface area contributed by atoms with E-state index in [1.807, 2.05) is 51.1 Å². The first-order valence-corrected chi connectivity index (χ1v) is 5.43. The molecule has 16 heavy (non-hydrogen) atoms. The highest BCUT2D eigenvalue weighted by Crippen LogP contribution is 2.19. The molecule has 0 saturated heterocycles. The fourth-order valence-electron chi connectivity index (χ4n) is 1.63. The first-order chi connectivity index (χ1) is 7.38. The number of carboxylic acids is 1. The maximum absolute atomic E-state index is 10.8. The molecule has 3 heteroatoms. The van der Waals surface area contributed by atoms with Gasteiger partial charge in [-0.1, -0.05) is 30.3 Å². The van der Waals surface area contributed by atoms with E-state index in [-0.39, 0.29) is 18.0 Å². The van der Waals surface area contributed by atoms with Gasteiger partial charge in [0.1, 0.15) is 0 Å². The summed E-state index contributed by atoms with van der Waals surface area (Å²) in [7, 11) is 0. The van der Waals surface area contributed by atoms with Crippen LogP contribution in [0, 0.1) is 0 Å². The Kier molecular flexibility index (Phi) is 4.07. The summed E-state index contributed by atoms with van der Waals surface area (Å²) >= 11 is 0. The molecule has 0 unspecified atom stereocenters. The van der Waals surface area contributed by atoms with Gasteiger partial charge < -0.3 is 10.4 Å². The number of aliphatic carboxylic acids is 1. The second kappa shape index (κ2) is 5.12. The van der Waals surface area contributed by atoms with Crippen LogP contribution in [-0.2, 0) is 4.79 Å². The van der Waals surface area contributed by atoms with E-state index in [1.54, 1.807) is 0 Å². The third-order valence-electron chi connectivity index (χ3n) is 2.19. The minimum atomic E-state index is -0.786. The number of hydrogen-bond acceptors (Lipinski definition) is 2. The summed E-state index contributed by atoms with van der Waals surface area (Å²) in [5.41, 5.74) is 0.912. The zero-order valence-electron chi connectivity index (χ0n) is 10.0. The molecule has 0 spiro atoms. The van der Waals surface area contributed by atoms with Crippen LogP contribution < -0.4 is 5.32 Å². The Labute approximate surface area is 96.5 Å². The van der Waals surface area contributed by atoms with E-state index in [1.165, 1.54) is 0 Å². The van der Waals surface area contributed by atoms with Gasteiger partial charge in [-0.25, -0.2) is 0 Å². The highest BCUT2D eigenvalue weighted by molar-refractivity contribution is 5.68. The Morgan fingerprint density at radius 2 is 1.88 bits per heavy atom. The zero-order chi connectivity index (χ0) is 12.2. The first kappa shape index (κ1) is 12.7. The Morgan fingerprint density at radius 3 is 2.31 bits per heavy atom. The number of carboxylic acid groups (broad SMARTS) is 1. The number of nitrogens with one attached hydrogen (secondary N) is 1. The average molecular weight is 221 g/mol. The topological polar surface area (TPSA) is 49.3 Å². The number of hydrogen-bond donors (Lipinski definition) is 2. The standard InChI is InChI=1S/C13H19NO2/c1-13(2,3)14-11(9-12(15)16)10-7-5-4-6-8-10/h4-8,11,14H,9H2,1-3H3,(H,15,16)/t11-/m0/s1. The van der Waals surface area contributed by atoms with E-state index in [0.29, 0.717) is 0 Å². The molecule has 0 aliphatic carbocycles. The first-order valence-electron chi connectivity index (χ1n) is 5.43. The van der Waals surface area contributed by atoms with E-state index in [0.717, 1.165) is 5.56 Å². The summed E-state index contributed by atoms with van der Waals surface area (Å²) in [5.74, 6) is -0.786. The lowest BCUT2D eigenvalue weighted by atomic mass is 9.99. The Hall–Kier alpha value is -1.35. The fraction of sp³-hybridized carbons (Fsp3) is 0.462. The molecule has 88 valence electrons. The molecule has 0 aliphatic rings. The molecule has 1 aromatic carbocycles. The van der Waals surface area contributed by atoms with Gasteiger partial charge in [-0.15, -0.1) is 0 Å². The van der Waals surface area contributed by atoms with Gasteiger partial charge in [-0.05, 0) is 26.3 Å². The van der Waals surface area contributed by atoms with Crippen LogP contribution >= 0.6 is 0 Å². The third kappa shape index (κ3) is 4.45. The van der Waals surface area contributed by atoms with E-state index in [4.69, 9.17) is 5.11 Å². The van der Waals surface area contributed by atoms with E-state index in [2.05, 4.69) is 5.32 Å². The van der Waals surface area contributed by atoms with Crippen LogP contribution in [0.4, 0.5) is 0 Å². The predicted octanol–water partition coefficient (Wildman–Crippen LogP) is 2.59. The molecule has 2 N–H and O–H groups in total. The lowest BCUT2D eigenvalue weighted by Gasteiger charge is -2.28. The van der Waals surface area contributed by atoms with Crippen LogP contribution in [0.3, 0.4) is 0 Å². The normalized spacial score (nSPS) is 13.4. The van der Waals surface area contributed by atoms with Crippen LogP contribution in [0.2, 0.25) is 0 Å². The second-order valence-corrected chi connectivity index (χ2v) is 4.96. The van der Waals surface area contributed by atoms with E-state index >= 15 is 0 Å². The van der Waals surface area contributed by atoms with Gasteiger partial charge in [0.25, 0.3) is 0 Å². The summed E-state index contributed by atoms with van der Waals surface area (Å²) < 4.78 is 0. The molecule has 1 atom stereocenters. The third-order valence-corrected chi connectivity index (χ3v) is 2.19. The van der Waals surface area contributed by atoms with Crippen molar-refractivity contribution in [2.45, 2.75) is 38.8 Å². The molecule has 0 heterocycles. The van der Waals surface area contributed by atoms with E-state index < -0.39 is 5.97 Å². The van der Waals surface area contributed by atoms with Crippen molar-refractivity contribution >= 4 is 5.97 Å². The van der Waals surface area contributed by atoms with Crippen molar-refractivity contribution in [2.24, 2.45) is 0 Å². The molecular formula is C13H19NO2. The molecule has 0 aliphatic heterocycles. The maximum Gasteiger partial charge on any atom is 0.305 e. The van der Waals surface area contributed by atoms with Crippen LogP contribution in [0.5, 0.6) is 0 Å². The lowest BCUT2D eigenvalue weighted by molar-refractivity contribution is -0.137. The quantitative estimate of drug-likeness (QED) is 0.821. The van der Waals surface area contributed by atoms with Crippen LogP contribution in [0.25, 0.3) is 0 Å². The van der Waals surface area contributed by atoms with Crippen LogP contribution in [-0.4, -0.2) is 16.6 Å². The van der Waals surface area contributed by atoms with Gasteiger partial charge in [-0.2, -0.15) is 0 Å². The highest BCUT2D eigenvalue weighted by Gasteiger charge is 2.20. The average Bonchev–Trinajstić information content (AvgIpc) is 2.15. The molecule has 0 amide bonds. The summed E-state index contributed by atoms with van der Waals surface area (Å²) in [5, 5.41) is 12.2. The van der Waals surface area contributed by atoms with Crippen molar-refractivity contribution in [3.63, 3.8) is 0 Å². The van der Waals surface area contributed by atoms with Crippen molar-refractivity contribution in [3.05, 3.63) is 35.9 Å². The minimum Gasteiger partial charge on any atom is -0.481 e. The highest BCUT2D eigenvalue weighted by atomic mass is 16.4. The molecule has 0 bridgehead atoms. The lowest BCUT2D eigenvalue weighted by Crippen LogP contribution is -2.39. The van der Waals surface area contributed by atoms with Crippen molar-refractivity contribution in [2.75, 3.05) is 0 Å². The summed E-state index contributed by atoms with van der Waals surface area (Å²) in [4.78, 5) is 10.8. The fourth-order valence-corrected chi connectivity index (χ4v) is 1.63. The maximum atomic E-state index is 10.8. The Morgan fingerprint density at radius 1 is 1.31 bits per heavy atom. The van der Waals surface area contributed by atoms with E-state index in [9.17, 15) is 4.79 Å². The minimum absolute atomic E-state index is 0.0985. The van der Waals surface area contributed by atoms with Crippen molar-refractivity contribution in [1.29, 1.82) is 0 Å². The summed E-state index contributed by atoms with van der Waals surface area (Å²) in [6.45, 7) is 6.10. The largest absolute Gasteiger partial charge is 0.481 e. The molecule has 0 saturated carbocycles. The van der Waals surface area contributed by atoms with Crippen molar-refractivity contribution < 1.29 is 9.90 Å². The van der Waals surface area contributed by atoms with Crippen LogP contribution in [0.15, 0.2) is 30.3 Å². The number of benzene rings is 1. The van der Waals surface area contributed by atoms with Gasteiger partial charge in [0.2, 0.25) is 0 Å². The molecule has 0 aromatic heterocycles. The summed E-state index contributed by atoms with van der Waals surface area (Å²) in [6, 6.07) is 9.54. The second-order valence-electron chi connectivity index (χ2n) is 4.96. The van der Waals surface area contributed by atoms with Gasteiger partial charge in [-0.3, -0.25) is 4.79 Å². The van der Waals surface area contributed by atoms with Gasteiger partial charge in [0.05, 0.1) is 6.42 Å². The monoisotopic (exact) mass is 221 g/mol. The Bertz CT molecular complexity index is 341. The molecule has 3 nitrogen and oxygen atoms in total. The van der Waals surface area contributed by atoms with Crippen LogP contribution in [0.1, 0.15) is 38.8 Å². The van der Waals surface area contributed by atoms with Crippen molar-refractivity contribution in [3.8, 4) is 0 Å². The molecular weight excluding hydrogens is 202 g/mol. The molecule has 0 radical (unpaired) electrons. The predicted molar refractivity (Wildman–Crippen MR) is 64.3 cm³/mol. The van der Waals surface area contributed by atoms with Gasteiger partial charge in [0.15, 0.2) is 0 Å². The number of rotatable bonds is 4.